The summed E-state index contributed by atoms with van der Waals surface area (Å²) in [5, 5.41) is 0. The van der Waals surface area contributed by atoms with Gasteiger partial charge in [-0.25, -0.2) is 0 Å². The molecule has 1 rings (SSSR count). The van der Waals surface area contributed by atoms with Crippen molar-refractivity contribution >= 4 is 4.16 Å². The van der Waals surface area contributed by atoms with Crippen LogP contribution in [0.4, 0.5) is 13.2 Å². The van der Waals surface area contributed by atoms with E-state index >= 15 is 0 Å². The molecule has 0 fully saturated rings. The summed E-state index contributed by atoms with van der Waals surface area (Å²) in [7, 11) is 0. The molecule has 11 heavy (non-hydrogen) atoms. The molecule has 56 valence electrons. The molecule has 5 heteroatoms. The zero-order valence-electron chi connectivity index (χ0n) is 5.37. The Morgan fingerprint density at radius 2 is 1.36 bits per heavy atom. The van der Waals surface area contributed by atoms with Crippen molar-refractivity contribution in [3.05, 3.63) is 29.6 Å². The molecule has 0 aliphatic rings. The summed E-state index contributed by atoms with van der Waals surface area (Å²) < 4.78 is 37.2. The maximum Gasteiger partial charge on any atom is -1.00 e. The van der Waals surface area contributed by atoms with Gasteiger partial charge in [0.15, 0.2) is 0 Å². The van der Waals surface area contributed by atoms with Crippen LogP contribution in [0.3, 0.4) is 0 Å². The van der Waals surface area contributed by atoms with E-state index in [2.05, 4.69) is 0 Å². The van der Waals surface area contributed by atoms with E-state index in [-0.39, 0.29) is 12.4 Å². The van der Waals surface area contributed by atoms with Gasteiger partial charge in [0, 0.05) is 0 Å². The van der Waals surface area contributed by atoms with Crippen molar-refractivity contribution in [3.8, 4) is 0 Å². The van der Waals surface area contributed by atoms with Crippen LogP contribution >= 0.6 is 0 Å². The Labute approximate surface area is 77.9 Å². The first kappa shape index (κ1) is 10.9. The first-order chi connectivity index (χ1) is 4.61. The Balaban J connectivity index is 0.000001000. The summed E-state index contributed by atoms with van der Waals surface area (Å²) in [6.07, 6.45) is 0. The summed E-state index contributed by atoms with van der Waals surface area (Å²) in [5.41, 5.74) is 0. The minimum absolute atomic E-state index is 0. The Bertz CT molecular complexity index is 241. The monoisotopic (exact) mass is 230 g/mol. The Morgan fingerprint density at radius 1 is 1.00 bits per heavy atom. The number of benzene rings is 1. The van der Waals surface area contributed by atoms with Gasteiger partial charge in [-0.15, -0.1) is 0 Å². The van der Waals surface area contributed by atoms with E-state index in [1.807, 2.05) is 0 Å². The number of hydrogen-bond acceptors (Lipinski definition) is 0. The molecule has 0 unspecified atom stereocenters. The summed E-state index contributed by atoms with van der Waals surface area (Å²) in [6, 6.07) is 2.00. The van der Waals surface area contributed by atoms with E-state index in [0.29, 0.717) is 22.5 Å². The molecule has 0 aliphatic carbocycles. The third-order valence-corrected chi connectivity index (χ3v) is 1.90. The number of halogens is 4. The van der Waals surface area contributed by atoms with Gasteiger partial charge in [-0.3, -0.25) is 0 Å². The van der Waals surface area contributed by atoms with Crippen LogP contribution in [0.25, 0.3) is 0 Å². The van der Waals surface area contributed by atoms with Crippen molar-refractivity contribution in [2.24, 2.45) is 0 Å². The maximum atomic E-state index is 12.2. The van der Waals surface area contributed by atoms with Crippen LogP contribution in [0.1, 0.15) is 0 Å². The quantitative estimate of drug-likeness (QED) is 0.368. The molecule has 0 atom stereocenters. The van der Waals surface area contributed by atoms with Gasteiger partial charge in [0.1, 0.15) is 0 Å². The second-order valence-electron chi connectivity index (χ2n) is 1.87. The van der Waals surface area contributed by atoms with Crippen LogP contribution in [0.2, 0.25) is 0 Å². The van der Waals surface area contributed by atoms with Crippen LogP contribution in [-0.4, -0.2) is 0 Å². The van der Waals surface area contributed by atoms with Gasteiger partial charge < -0.3 is 12.4 Å². The zero-order chi connectivity index (χ0) is 7.72. The Kier molecular flexibility index (Phi) is 4.05. The average molecular weight is 232 g/mol. The van der Waals surface area contributed by atoms with Crippen LogP contribution in [0.5, 0.6) is 0 Å². The minimum atomic E-state index is -1.39. The zero-order valence-corrected chi connectivity index (χ0v) is 9.10. The molecule has 0 bridgehead atoms. The first-order valence-electron chi connectivity index (χ1n) is 2.58. The van der Waals surface area contributed by atoms with Gasteiger partial charge in [-0.05, 0) is 0 Å². The van der Waals surface area contributed by atoms with Gasteiger partial charge >= 0.3 is 65.2 Å². The van der Waals surface area contributed by atoms with E-state index in [0.717, 1.165) is 12.1 Å². The second kappa shape index (κ2) is 4.08. The summed E-state index contributed by atoms with van der Waals surface area (Å²) in [6.45, 7) is 0. The largest absolute Gasteiger partial charge is 1.00 e. The average Bonchev–Trinajstić information content (AvgIpc) is 1.82. The molecule has 0 radical (unpaired) electrons. The van der Waals surface area contributed by atoms with Crippen molar-refractivity contribution in [1.82, 2.24) is 0 Å². The van der Waals surface area contributed by atoms with Crippen molar-refractivity contribution in [1.29, 1.82) is 0 Å². The summed E-state index contributed by atoms with van der Waals surface area (Å²) in [4.78, 5) is 0. The van der Waals surface area contributed by atoms with Gasteiger partial charge in [-0.1, -0.05) is 0 Å². The molecule has 0 saturated heterocycles. The third kappa shape index (κ3) is 2.46. The van der Waals surface area contributed by atoms with Gasteiger partial charge in [0.2, 0.25) is 0 Å². The van der Waals surface area contributed by atoms with Gasteiger partial charge in [0.05, 0.1) is 0 Å². The van der Waals surface area contributed by atoms with E-state index in [1.54, 1.807) is 0 Å². The van der Waals surface area contributed by atoms with Crippen LogP contribution in [0.15, 0.2) is 12.1 Å². The van der Waals surface area contributed by atoms with Crippen molar-refractivity contribution in [2.75, 3.05) is 0 Å². The number of hydrogen-bond donors (Lipinski definition) is 0. The SMILES string of the molecule is Fc1c[c]([Zn+])cc(F)c1F.[Cl-]. The summed E-state index contributed by atoms with van der Waals surface area (Å²) >= 11 is 0.619. The fraction of sp³-hybridized carbons (Fsp3) is 0. The molecular weight excluding hydrogens is 230 g/mol. The van der Waals surface area contributed by atoms with Gasteiger partial charge in [-0.2, -0.15) is 0 Å². The molecule has 0 aromatic heterocycles. The summed E-state index contributed by atoms with van der Waals surface area (Å²) in [5.74, 6) is -3.61. The van der Waals surface area contributed by atoms with E-state index in [4.69, 9.17) is 0 Å². The molecule has 0 amide bonds. The molecule has 0 aliphatic heterocycles. The van der Waals surface area contributed by atoms with Crippen molar-refractivity contribution in [3.63, 3.8) is 0 Å². The predicted octanol–water partition coefficient (Wildman–Crippen LogP) is -1.72. The van der Waals surface area contributed by atoms with Gasteiger partial charge in [0.25, 0.3) is 0 Å². The normalized spacial score (nSPS) is 9.18. The molecule has 0 nitrogen and oxygen atoms in total. The minimum Gasteiger partial charge on any atom is -1.00 e. The van der Waals surface area contributed by atoms with E-state index < -0.39 is 17.5 Å². The predicted molar refractivity (Wildman–Crippen MR) is 25.9 cm³/mol. The molecule has 0 heterocycles. The molecule has 1 aromatic carbocycles. The Morgan fingerprint density at radius 3 is 1.73 bits per heavy atom. The fourth-order valence-electron chi connectivity index (χ4n) is 0.608. The molecule has 0 spiro atoms. The van der Waals surface area contributed by atoms with Crippen molar-refractivity contribution < 1.29 is 43.9 Å². The molecular formula is C6H2ClF3Zn. The van der Waals surface area contributed by atoms with Crippen LogP contribution < -0.4 is 16.6 Å². The second-order valence-corrected chi connectivity index (χ2v) is 3.59. The third-order valence-electron chi connectivity index (χ3n) is 1.04. The van der Waals surface area contributed by atoms with E-state index in [1.165, 1.54) is 0 Å². The smallest absolute Gasteiger partial charge is 1.00 e. The topological polar surface area (TPSA) is 0 Å². The standard InChI is InChI=1S/C6H2F3.ClH.Zn/c7-4-2-1-3-5(8)6(4)9;;/h2-3H;1H;/q;;+1/p-1. The molecule has 1 aromatic rings. The van der Waals surface area contributed by atoms with E-state index in [9.17, 15) is 13.2 Å². The number of rotatable bonds is 0. The Hall–Kier alpha value is -0.0766. The fourth-order valence-corrected chi connectivity index (χ4v) is 1.36. The first-order valence-corrected chi connectivity index (χ1v) is 4.06. The maximum absolute atomic E-state index is 12.2. The van der Waals surface area contributed by atoms with Crippen molar-refractivity contribution in [2.45, 2.75) is 0 Å². The van der Waals surface area contributed by atoms with Crippen LogP contribution in [0, 0.1) is 17.5 Å². The van der Waals surface area contributed by atoms with Crippen LogP contribution in [-0.2, 0) is 18.3 Å². The molecule has 0 saturated carbocycles. The molecule has 0 N–H and O–H groups in total.